The third kappa shape index (κ3) is 5.92. The van der Waals surface area contributed by atoms with Gasteiger partial charge >= 0.3 is 5.97 Å². The van der Waals surface area contributed by atoms with Gasteiger partial charge in [0, 0.05) is 10.4 Å². The van der Waals surface area contributed by atoms with Crippen LogP contribution >= 0.6 is 23.2 Å². The van der Waals surface area contributed by atoms with Crippen LogP contribution in [0.2, 0.25) is 10.0 Å². The van der Waals surface area contributed by atoms with Crippen LogP contribution < -0.4 is 14.9 Å². The lowest BCUT2D eigenvalue weighted by Crippen LogP contribution is -2.24. The summed E-state index contributed by atoms with van der Waals surface area (Å²) < 4.78 is 11.0. The predicted octanol–water partition coefficient (Wildman–Crippen LogP) is 5.89. The summed E-state index contributed by atoms with van der Waals surface area (Å²) in [7, 11) is 0. The Morgan fingerprint density at radius 3 is 2.47 bits per heavy atom. The molecule has 0 atom stereocenters. The highest BCUT2D eigenvalue weighted by Crippen LogP contribution is 2.25. The number of hydrogen-bond donors (Lipinski definition) is 1. The molecule has 0 saturated heterocycles. The van der Waals surface area contributed by atoms with Gasteiger partial charge < -0.3 is 9.47 Å². The molecule has 0 radical (unpaired) electrons. The van der Waals surface area contributed by atoms with Crippen molar-refractivity contribution in [3.05, 3.63) is 106 Å². The Labute approximate surface area is 205 Å². The Kier molecular flexibility index (Phi) is 7.42. The number of ether oxygens (including phenoxy) is 2. The minimum Gasteiger partial charge on any atom is -0.483 e. The zero-order valence-corrected chi connectivity index (χ0v) is 19.2. The van der Waals surface area contributed by atoms with Crippen LogP contribution in [-0.2, 0) is 4.79 Å². The van der Waals surface area contributed by atoms with Gasteiger partial charge in [-0.25, -0.2) is 10.2 Å². The normalized spacial score (nSPS) is 10.9. The lowest BCUT2D eigenvalue weighted by atomic mass is 10.1. The second-order valence-electron chi connectivity index (χ2n) is 7.14. The monoisotopic (exact) mass is 492 g/mol. The van der Waals surface area contributed by atoms with Crippen LogP contribution in [0.4, 0.5) is 0 Å². The quantitative estimate of drug-likeness (QED) is 0.151. The first kappa shape index (κ1) is 23.3. The SMILES string of the molecule is O=C(COc1cccc2ccccc12)NN=Cc1ccc(OC(=O)c2ccc(Cl)cc2Cl)cc1. The minimum atomic E-state index is -0.596. The van der Waals surface area contributed by atoms with E-state index in [9.17, 15) is 9.59 Å². The number of halogens is 2. The molecule has 0 aliphatic carbocycles. The van der Waals surface area contributed by atoms with Gasteiger partial charge in [0.15, 0.2) is 6.61 Å². The van der Waals surface area contributed by atoms with Crippen molar-refractivity contribution < 1.29 is 19.1 Å². The molecule has 1 amide bonds. The van der Waals surface area contributed by atoms with Crippen molar-refractivity contribution in [1.82, 2.24) is 5.43 Å². The van der Waals surface area contributed by atoms with Gasteiger partial charge in [-0.05, 0) is 59.5 Å². The van der Waals surface area contributed by atoms with Gasteiger partial charge in [-0.2, -0.15) is 5.10 Å². The van der Waals surface area contributed by atoms with E-state index in [0.717, 1.165) is 10.8 Å². The van der Waals surface area contributed by atoms with Crippen LogP contribution in [0.5, 0.6) is 11.5 Å². The van der Waals surface area contributed by atoms with Gasteiger partial charge in [0.25, 0.3) is 5.91 Å². The molecule has 4 rings (SSSR count). The molecule has 1 N–H and O–H groups in total. The molecule has 4 aromatic rings. The number of carbonyl (C=O) groups excluding carboxylic acids is 2. The summed E-state index contributed by atoms with van der Waals surface area (Å²) in [5.74, 6) is -0.0286. The number of nitrogens with zero attached hydrogens (tertiary/aromatic N) is 1. The van der Waals surface area contributed by atoms with Crippen LogP contribution in [-0.4, -0.2) is 24.7 Å². The molecule has 8 heteroatoms. The van der Waals surface area contributed by atoms with Gasteiger partial charge in [0.2, 0.25) is 0 Å². The van der Waals surface area contributed by atoms with E-state index in [1.165, 1.54) is 18.3 Å². The van der Waals surface area contributed by atoms with Crippen molar-refractivity contribution >= 4 is 52.1 Å². The molecule has 0 saturated carbocycles. The molecule has 34 heavy (non-hydrogen) atoms. The lowest BCUT2D eigenvalue weighted by molar-refractivity contribution is -0.123. The first-order chi connectivity index (χ1) is 16.5. The van der Waals surface area contributed by atoms with E-state index in [1.807, 2.05) is 42.5 Å². The topological polar surface area (TPSA) is 77.0 Å². The largest absolute Gasteiger partial charge is 0.483 e. The van der Waals surface area contributed by atoms with Crippen LogP contribution in [0.3, 0.4) is 0 Å². The molecule has 0 fully saturated rings. The Bertz CT molecular complexity index is 1370. The number of hydrazone groups is 1. The van der Waals surface area contributed by atoms with Crippen molar-refractivity contribution in [2.45, 2.75) is 0 Å². The van der Waals surface area contributed by atoms with E-state index in [-0.39, 0.29) is 17.2 Å². The molecule has 6 nitrogen and oxygen atoms in total. The summed E-state index contributed by atoms with van der Waals surface area (Å²) in [4.78, 5) is 24.4. The van der Waals surface area contributed by atoms with E-state index in [4.69, 9.17) is 32.7 Å². The number of carbonyl (C=O) groups is 2. The Balaban J connectivity index is 1.28. The maximum atomic E-state index is 12.3. The van der Waals surface area contributed by atoms with Gasteiger partial charge in [-0.3, -0.25) is 4.79 Å². The van der Waals surface area contributed by atoms with Crippen LogP contribution in [0.15, 0.2) is 90.0 Å². The minimum absolute atomic E-state index is 0.173. The Morgan fingerprint density at radius 1 is 0.912 bits per heavy atom. The fraction of sp³-hybridized carbons (Fsp3) is 0.0385. The zero-order valence-electron chi connectivity index (χ0n) is 17.7. The van der Waals surface area contributed by atoms with E-state index in [1.54, 1.807) is 30.3 Å². The molecule has 4 aromatic carbocycles. The fourth-order valence-electron chi connectivity index (χ4n) is 3.11. The number of fused-ring (bicyclic) bond motifs is 1. The maximum Gasteiger partial charge on any atom is 0.345 e. The number of benzene rings is 4. The molecule has 0 bridgehead atoms. The molecule has 0 heterocycles. The fourth-order valence-corrected chi connectivity index (χ4v) is 3.60. The third-order valence-electron chi connectivity index (χ3n) is 4.75. The van der Waals surface area contributed by atoms with E-state index in [2.05, 4.69) is 10.5 Å². The molecule has 0 unspecified atom stereocenters. The number of hydrogen-bond acceptors (Lipinski definition) is 5. The smallest absolute Gasteiger partial charge is 0.345 e. The first-order valence-corrected chi connectivity index (χ1v) is 10.9. The maximum absolute atomic E-state index is 12.3. The molecular formula is C26H18Cl2N2O4. The molecular weight excluding hydrogens is 475 g/mol. The first-order valence-electron chi connectivity index (χ1n) is 10.2. The number of nitrogens with one attached hydrogen (secondary N) is 1. The highest BCUT2D eigenvalue weighted by Gasteiger charge is 2.13. The van der Waals surface area contributed by atoms with Gasteiger partial charge in [0.05, 0.1) is 16.8 Å². The van der Waals surface area contributed by atoms with E-state index >= 15 is 0 Å². The molecule has 0 spiro atoms. The standard InChI is InChI=1S/C26H18Cl2N2O4/c27-19-10-13-22(23(28)14-19)26(32)34-20-11-8-17(9-12-20)15-29-30-25(31)16-33-24-7-3-5-18-4-1-2-6-21(18)24/h1-15H,16H2,(H,30,31). The average molecular weight is 493 g/mol. The van der Waals surface area contributed by atoms with Crippen molar-refractivity contribution in [1.29, 1.82) is 0 Å². The number of esters is 1. The summed E-state index contributed by atoms with van der Waals surface area (Å²) in [5.41, 5.74) is 3.33. The van der Waals surface area contributed by atoms with Crippen LogP contribution in [0.25, 0.3) is 10.8 Å². The molecule has 170 valence electrons. The Hall–Kier alpha value is -3.87. The van der Waals surface area contributed by atoms with Crippen molar-refractivity contribution in [3.8, 4) is 11.5 Å². The van der Waals surface area contributed by atoms with E-state index in [0.29, 0.717) is 22.1 Å². The highest BCUT2D eigenvalue weighted by atomic mass is 35.5. The van der Waals surface area contributed by atoms with Crippen molar-refractivity contribution in [3.63, 3.8) is 0 Å². The molecule has 0 aliphatic rings. The summed E-state index contributed by atoms with van der Waals surface area (Å²) in [6.45, 7) is -0.173. The Morgan fingerprint density at radius 2 is 1.68 bits per heavy atom. The lowest BCUT2D eigenvalue weighted by Gasteiger charge is -2.08. The second-order valence-corrected chi connectivity index (χ2v) is 7.99. The summed E-state index contributed by atoms with van der Waals surface area (Å²) >= 11 is 11.9. The number of amides is 1. The average Bonchev–Trinajstić information content (AvgIpc) is 2.83. The van der Waals surface area contributed by atoms with Crippen LogP contribution in [0, 0.1) is 0 Å². The third-order valence-corrected chi connectivity index (χ3v) is 5.30. The molecule has 0 aliphatic heterocycles. The predicted molar refractivity (Wildman–Crippen MR) is 133 cm³/mol. The van der Waals surface area contributed by atoms with Crippen molar-refractivity contribution in [2.24, 2.45) is 5.10 Å². The second kappa shape index (κ2) is 10.8. The zero-order chi connectivity index (χ0) is 23.9. The van der Waals surface area contributed by atoms with Gasteiger partial charge in [0.1, 0.15) is 11.5 Å². The molecule has 0 aromatic heterocycles. The summed E-state index contributed by atoms with van der Waals surface area (Å²) in [5, 5.41) is 6.53. The highest BCUT2D eigenvalue weighted by molar-refractivity contribution is 6.36. The summed E-state index contributed by atoms with van der Waals surface area (Å²) in [6, 6.07) is 24.6. The van der Waals surface area contributed by atoms with Crippen molar-refractivity contribution in [2.75, 3.05) is 6.61 Å². The summed E-state index contributed by atoms with van der Waals surface area (Å²) in [6.07, 6.45) is 1.47. The number of rotatable bonds is 7. The van der Waals surface area contributed by atoms with Gasteiger partial charge in [-0.1, -0.05) is 59.6 Å². The van der Waals surface area contributed by atoms with Gasteiger partial charge in [-0.15, -0.1) is 0 Å². The van der Waals surface area contributed by atoms with E-state index < -0.39 is 11.9 Å². The van der Waals surface area contributed by atoms with Crippen LogP contribution in [0.1, 0.15) is 15.9 Å².